The maximum Gasteiger partial charge on any atom is 0.259 e. The van der Waals surface area contributed by atoms with E-state index in [0.717, 1.165) is 10.3 Å². The molecule has 0 atom stereocenters. The molecule has 1 fully saturated rings. The SMILES string of the molecule is COc1cc2nc(C[N+](C)(C)C3CCCC3)[nH]c(=O)c2cc1OC. The zero-order valence-corrected chi connectivity index (χ0v) is 14.9. The minimum atomic E-state index is -0.137. The van der Waals surface area contributed by atoms with Gasteiger partial charge < -0.3 is 18.9 Å². The summed E-state index contributed by atoms with van der Waals surface area (Å²) in [6.07, 6.45) is 5.09. The topological polar surface area (TPSA) is 64.2 Å². The average Bonchev–Trinajstić information content (AvgIpc) is 3.08. The molecule has 0 amide bonds. The highest BCUT2D eigenvalue weighted by Gasteiger charge is 2.32. The molecule has 0 spiro atoms. The summed E-state index contributed by atoms with van der Waals surface area (Å²) in [6.45, 7) is 0.712. The van der Waals surface area contributed by atoms with Gasteiger partial charge in [-0.1, -0.05) is 0 Å². The van der Waals surface area contributed by atoms with Crippen molar-refractivity contribution in [2.75, 3.05) is 28.3 Å². The molecule has 6 heteroatoms. The minimum absolute atomic E-state index is 0.137. The van der Waals surface area contributed by atoms with E-state index in [0.29, 0.717) is 35.0 Å². The van der Waals surface area contributed by atoms with Gasteiger partial charge in [-0.25, -0.2) is 4.98 Å². The van der Waals surface area contributed by atoms with E-state index in [2.05, 4.69) is 24.1 Å². The fraction of sp³-hybridized carbons (Fsp3) is 0.556. The van der Waals surface area contributed by atoms with Crippen LogP contribution in [0.25, 0.3) is 10.9 Å². The molecule has 3 rings (SSSR count). The van der Waals surface area contributed by atoms with Crippen LogP contribution in [0.5, 0.6) is 11.5 Å². The molecule has 130 valence electrons. The normalized spacial score (nSPS) is 15.8. The first-order valence-electron chi connectivity index (χ1n) is 8.42. The molecule has 1 aliphatic rings. The Morgan fingerprint density at radius 3 is 2.42 bits per heavy atom. The summed E-state index contributed by atoms with van der Waals surface area (Å²) in [5, 5.41) is 0.516. The molecule has 1 saturated carbocycles. The minimum Gasteiger partial charge on any atom is -0.493 e. The highest BCUT2D eigenvalue weighted by atomic mass is 16.5. The van der Waals surface area contributed by atoms with Crippen LogP contribution in [0.3, 0.4) is 0 Å². The molecule has 2 aromatic rings. The standard InChI is InChI=1S/C18H25N3O3/c1-21(2,12-7-5-6-8-12)11-17-19-14-10-16(24-4)15(23-3)9-13(14)18(22)20-17/h9-10,12H,5-8,11H2,1-4H3/p+1. The summed E-state index contributed by atoms with van der Waals surface area (Å²) in [4.78, 5) is 20.1. The Morgan fingerprint density at radius 1 is 1.17 bits per heavy atom. The van der Waals surface area contributed by atoms with Crippen LogP contribution in [0, 0.1) is 0 Å². The van der Waals surface area contributed by atoms with Gasteiger partial charge in [-0.15, -0.1) is 0 Å². The smallest absolute Gasteiger partial charge is 0.259 e. The predicted molar refractivity (Wildman–Crippen MR) is 93.5 cm³/mol. The molecule has 1 aromatic carbocycles. The van der Waals surface area contributed by atoms with Crippen molar-refractivity contribution in [2.45, 2.75) is 38.3 Å². The molecule has 1 N–H and O–H groups in total. The van der Waals surface area contributed by atoms with E-state index in [9.17, 15) is 4.79 Å². The Hall–Kier alpha value is -2.08. The first kappa shape index (κ1) is 16.8. The van der Waals surface area contributed by atoms with E-state index in [-0.39, 0.29) is 5.56 Å². The van der Waals surface area contributed by atoms with Crippen LogP contribution < -0.4 is 15.0 Å². The zero-order chi connectivity index (χ0) is 17.3. The molecule has 1 aromatic heterocycles. The van der Waals surface area contributed by atoms with Crippen molar-refractivity contribution in [2.24, 2.45) is 0 Å². The molecule has 1 heterocycles. The van der Waals surface area contributed by atoms with Crippen molar-refractivity contribution in [1.29, 1.82) is 0 Å². The quantitative estimate of drug-likeness (QED) is 0.854. The van der Waals surface area contributed by atoms with Gasteiger partial charge in [0.2, 0.25) is 0 Å². The van der Waals surface area contributed by atoms with Gasteiger partial charge in [-0.3, -0.25) is 4.79 Å². The molecule has 0 aliphatic heterocycles. The Labute approximate surface area is 142 Å². The van der Waals surface area contributed by atoms with Crippen molar-refractivity contribution in [3.8, 4) is 11.5 Å². The lowest BCUT2D eigenvalue weighted by atomic mass is 10.1. The number of nitrogens with zero attached hydrogens (tertiary/aromatic N) is 2. The second-order valence-electron chi connectivity index (χ2n) is 7.11. The Morgan fingerprint density at radius 2 is 1.79 bits per heavy atom. The number of quaternary nitrogens is 1. The fourth-order valence-electron chi connectivity index (χ4n) is 3.71. The van der Waals surface area contributed by atoms with E-state index >= 15 is 0 Å². The molecular weight excluding hydrogens is 306 g/mol. The lowest BCUT2D eigenvalue weighted by Crippen LogP contribution is -2.47. The van der Waals surface area contributed by atoms with E-state index in [4.69, 9.17) is 9.47 Å². The number of H-pyrrole nitrogens is 1. The van der Waals surface area contributed by atoms with Crippen LogP contribution in [0.2, 0.25) is 0 Å². The first-order valence-corrected chi connectivity index (χ1v) is 8.42. The third-order valence-electron chi connectivity index (χ3n) is 5.13. The van der Waals surface area contributed by atoms with Gasteiger partial charge >= 0.3 is 0 Å². The van der Waals surface area contributed by atoms with Crippen molar-refractivity contribution in [1.82, 2.24) is 9.97 Å². The molecule has 0 saturated heterocycles. The number of hydrogen-bond donors (Lipinski definition) is 1. The monoisotopic (exact) mass is 332 g/mol. The summed E-state index contributed by atoms with van der Waals surface area (Å²) < 4.78 is 11.4. The summed E-state index contributed by atoms with van der Waals surface area (Å²) in [5.41, 5.74) is 0.500. The van der Waals surface area contributed by atoms with Crippen LogP contribution in [0.1, 0.15) is 31.5 Å². The molecule has 0 bridgehead atoms. The number of ether oxygens (including phenoxy) is 2. The van der Waals surface area contributed by atoms with Gasteiger partial charge in [0, 0.05) is 6.07 Å². The van der Waals surface area contributed by atoms with Gasteiger partial charge in [0.1, 0.15) is 6.54 Å². The maximum atomic E-state index is 12.5. The Bertz CT molecular complexity index is 792. The fourth-order valence-corrected chi connectivity index (χ4v) is 3.71. The second kappa shape index (κ2) is 6.43. The van der Waals surface area contributed by atoms with Crippen LogP contribution in [-0.4, -0.2) is 48.8 Å². The van der Waals surface area contributed by atoms with E-state index in [1.807, 2.05) is 0 Å². The van der Waals surface area contributed by atoms with Crippen molar-refractivity contribution < 1.29 is 14.0 Å². The number of benzene rings is 1. The van der Waals surface area contributed by atoms with Crippen LogP contribution in [0.4, 0.5) is 0 Å². The first-order chi connectivity index (χ1) is 11.4. The van der Waals surface area contributed by atoms with Gasteiger partial charge in [-0.05, 0) is 31.7 Å². The van der Waals surface area contributed by atoms with E-state index in [1.54, 1.807) is 26.4 Å². The van der Waals surface area contributed by atoms with Crippen molar-refractivity contribution in [3.05, 3.63) is 28.3 Å². The van der Waals surface area contributed by atoms with Gasteiger partial charge in [-0.2, -0.15) is 0 Å². The third-order valence-corrected chi connectivity index (χ3v) is 5.13. The van der Waals surface area contributed by atoms with Crippen LogP contribution in [-0.2, 0) is 6.54 Å². The number of fused-ring (bicyclic) bond motifs is 1. The largest absolute Gasteiger partial charge is 0.493 e. The molecule has 0 radical (unpaired) electrons. The van der Waals surface area contributed by atoms with Crippen molar-refractivity contribution in [3.63, 3.8) is 0 Å². The molecule has 24 heavy (non-hydrogen) atoms. The average molecular weight is 332 g/mol. The number of aromatic nitrogens is 2. The number of nitrogens with one attached hydrogen (secondary N) is 1. The van der Waals surface area contributed by atoms with Gasteiger partial charge in [0.05, 0.1) is 45.3 Å². The number of rotatable bonds is 5. The summed E-state index contributed by atoms with van der Waals surface area (Å²) in [6, 6.07) is 4.08. The Balaban J connectivity index is 1.99. The summed E-state index contributed by atoms with van der Waals surface area (Å²) in [5.74, 6) is 1.84. The van der Waals surface area contributed by atoms with Crippen LogP contribution >= 0.6 is 0 Å². The molecular formula is C18H26N3O3+. The van der Waals surface area contributed by atoms with Crippen LogP contribution in [0.15, 0.2) is 16.9 Å². The molecule has 1 aliphatic carbocycles. The predicted octanol–water partition coefficient (Wildman–Crippen LogP) is 2.46. The third kappa shape index (κ3) is 3.11. The Kier molecular flexibility index (Phi) is 4.49. The summed E-state index contributed by atoms with van der Waals surface area (Å²) >= 11 is 0. The van der Waals surface area contributed by atoms with E-state index in [1.165, 1.54) is 25.7 Å². The van der Waals surface area contributed by atoms with Crippen molar-refractivity contribution >= 4 is 10.9 Å². The lowest BCUT2D eigenvalue weighted by molar-refractivity contribution is -0.927. The van der Waals surface area contributed by atoms with E-state index < -0.39 is 0 Å². The summed E-state index contributed by atoms with van der Waals surface area (Å²) in [7, 11) is 7.57. The highest BCUT2D eigenvalue weighted by molar-refractivity contribution is 5.81. The number of methoxy groups -OCH3 is 2. The van der Waals surface area contributed by atoms with Gasteiger partial charge in [0.25, 0.3) is 5.56 Å². The maximum absolute atomic E-state index is 12.5. The molecule has 0 unspecified atom stereocenters. The highest BCUT2D eigenvalue weighted by Crippen LogP contribution is 2.31. The number of aromatic amines is 1. The molecule has 6 nitrogen and oxygen atoms in total. The number of hydrogen-bond acceptors (Lipinski definition) is 4. The van der Waals surface area contributed by atoms with Gasteiger partial charge in [0.15, 0.2) is 17.3 Å². The second-order valence-corrected chi connectivity index (χ2v) is 7.11. The lowest BCUT2D eigenvalue weighted by Gasteiger charge is -2.35. The zero-order valence-electron chi connectivity index (χ0n) is 14.9.